The number of nitrogens with two attached hydrogens (primary N) is 1. The molecule has 0 bridgehead atoms. The van der Waals surface area contributed by atoms with Gasteiger partial charge in [-0.1, -0.05) is 60.7 Å². The maximum atomic E-state index is 11.9. The Balaban J connectivity index is 2.70. The number of benzene rings is 2. The van der Waals surface area contributed by atoms with Gasteiger partial charge in [0.1, 0.15) is 0 Å². The summed E-state index contributed by atoms with van der Waals surface area (Å²) in [6.07, 6.45) is 0. The van der Waals surface area contributed by atoms with Gasteiger partial charge in [0.15, 0.2) is 0 Å². The summed E-state index contributed by atoms with van der Waals surface area (Å²) in [5, 5.41) is 5.36. The number of allylic oxidation sites excluding steroid dienone is 1. The van der Waals surface area contributed by atoms with Gasteiger partial charge in [0.05, 0.1) is 4.91 Å². The summed E-state index contributed by atoms with van der Waals surface area (Å²) in [5.74, 6) is 0. The molecule has 0 unspecified atom stereocenters. The molecule has 0 aliphatic carbocycles. The van der Waals surface area contributed by atoms with Gasteiger partial charge in [-0.2, -0.15) is 0 Å². The molecule has 0 atom stereocenters. The highest BCUT2D eigenvalue weighted by molar-refractivity contribution is 7.98. The summed E-state index contributed by atoms with van der Waals surface area (Å²) in [4.78, 5) is 0.166. The van der Waals surface area contributed by atoms with Crippen molar-refractivity contribution in [1.82, 2.24) is 0 Å². The van der Waals surface area contributed by atoms with E-state index in [0.717, 1.165) is 5.56 Å². The molecular formula is C15H15NO2S. The van der Waals surface area contributed by atoms with E-state index >= 15 is 0 Å². The molecule has 2 aromatic rings. The Morgan fingerprint density at radius 1 is 0.842 bits per heavy atom. The molecule has 0 saturated heterocycles. The first kappa shape index (κ1) is 13.5. The van der Waals surface area contributed by atoms with Crippen LogP contribution in [-0.2, 0) is 10.0 Å². The smallest absolute Gasteiger partial charge is 0.225 e. The molecule has 98 valence electrons. The fourth-order valence-electron chi connectivity index (χ4n) is 2.00. The molecule has 19 heavy (non-hydrogen) atoms. The zero-order valence-corrected chi connectivity index (χ0v) is 11.4. The second kappa shape index (κ2) is 5.38. The summed E-state index contributed by atoms with van der Waals surface area (Å²) < 4.78 is 23.7. The number of rotatable bonds is 3. The third-order valence-electron chi connectivity index (χ3n) is 2.87. The molecule has 0 fully saturated rings. The van der Waals surface area contributed by atoms with Crippen molar-refractivity contribution < 1.29 is 8.42 Å². The van der Waals surface area contributed by atoms with Crippen LogP contribution in [0.2, 0.25) is 0 Å². The van der Waals surface area contributed by atoms with Gasteiger partial charge in [-0.15, -0.1) is 0 Å². The number of hydrogen-bond donors (Lipinski definition) is 1. The Labute approximate surface area is 113 Å². The molecule has 3 nitrogen and oxygen atoms in total. The zero-order chi connectivity index (χ0) is 13.9. The van der Waals surface area contributed by atoms with Crippen molar-refractivity contribution in [3.05, 3.63) is 71.8 Å². The Morgan fingerprint density at radius 3 is 1.68 bits per heavy atom. The van der Waals surface area contributed by atoms with Gasteiger partial charge in [0.25, 0.3) is 0 Å². The standard InChI is InChI=1S/C15H15NO2S/c1-12(13-8-4-2-5-9-13)15(19(16,17)18)14-10-6-3-7-11-14/h2-11H,1H3,(H2,16,17,18)/b15-12+. The van der Waals surface area contributed by atoms with Crippen molar-refractivity contribution in [2.45, 2.75) is 6.92 Å². The second-order valence-corrected chi connectivity index (χ2v) is 5.73. The number of primary sulfonamides is 1. The monoisotopic (exact) mass is 273 g/mol. The first-order valence-corrected chi connectivity index (χ1v) is 7.39. The first-order chi connectivity index (χ1) is 9.00. The summed E-state index contributed by atoms with van der Waals surface area (Å²) in [6.45, 7) is 1.77. The lowest BCUT2D eigenvalue weighted by Gasteiger charge is -2.11. The van der Waals surface area contributed by atoms with Crippen LogP contribution in [0.5, 0.6) is 0 Å². The van der Waals surface area contributed by atoms with Crippen molar-refractivity contribution in [3.63, 3.8) is 0 Å². The van der Waals surface area contributed by atoms with Gasteiger partial charge in [0, 0.05) is 0 Å². The average molecular weight is 273 g/mol. The highest BCUT2D eigenvalue weighted by Crippen LogP contribution is 2.28. The number of hydrogen-bond acceptors (Lipinski definition) is 2. The minimum atomic E-state index is -3.79. The quantitative estimate of drug-likeness (QED) is 0.874. The Bertz CT molecular complexity index is 689. The van der Waals surface area contributed by atoms with Gasteiger partial charge in [0.2, 0.25) is 10.0 Å². The third-order valence-corrected chi connectivity index (χ3v) is 3.98. The zero-order valence-electron chi connectivity index (χ0n) is 10.6. The van der Waals surface area contributed by atoms with Gasteiger partial charge in [-0.25, -0.2) is 13.6 Å². The van der Waals surface area contributed by atoms with E-state index in [2.05, 4.69) is 0 Å². The van der Waals surface area contributed by atoms with Crippen LogP contribution in [0.1, 0.15) is 18.1 Å². The maximum absolute atomic E-state index is 11.9. The molecule has 0 amide bonds. The molecule has 0 radical (unpaired) electrons. The van der Waals surface area contributed by atoms with E-state index in [1.165, 1.54) is 0 Å². The fraction of sp³-hybridized carbons (Fsp3) is 0.0667. The fourth-order valence-corrected chi connectivity index (χ4v) is 3.01. The van der Waals surface area contributed by atoms with Crippen LogP contribution < -0.4 is 5.14 Å². The minimum Gasteiger partial charge on any atom is -0.225 e. The van der Waals surface area contributed by atoms with Crippen LogP contribution in [0.4, 0.5) is 0 Å². The van der Waals surface area contributed by atoms with E-state index in [1.807, 2.05) is 36.4 Å². The van der Waals surface area contributed by atoms with Crippen molar-refractivity contribution >= 4 is 20.5 Å². The molecule has 0 saturated carbocycles. The molecule has 4 heteroatoms. The van der Waals surface area contributed by atoms with Gasteiger partial charge in [-0.3, -0.25) is 0 Å². The lowest BCUT2D eigenvalue weighted by Crippen LogP contribution is -2.15. The normalized spacial score (nSPS) is 12.9. The van der Waals surface area contributed by atoms with Gasteiger partial charge < -0.3 is 0 Å². The van der Waals surface area contributed by atoms with E-state index in [1.54, 1.807) is 31.2 Å². The lowest BCUT2D eigenvalue weighted by molar-refractivity contribution is 0.607. The maximum Gasteiger partial charge on any atom is 0.238 e. The highest BCUT2D eigenvalue weighted by Gasteiger charge is 2.18. The number of sulfonamides is 1. The Hall–Kier alpha value is -1.91. The second-order valence-electron chi connectivity index (χ2n) is 4.23. The lowest BCUT2D eigenvalue weighted by atomic mass is 10.0. The van der Waals surface area contributed by atoms with E-state index < -0.39 is 10.0 Å². The van der Waals surface area contributed by atoms with E-state index in [0.29, 0.717) is 11.1 Å². The van der Waals surface area contributed by atoms with Crippen LogP contribution >= 0.6 is 0 Å². The predicted octanol–water partition coefficient (Wildman–Crippen LogP) is 2.86. The van der Waals surface area contributed by atoms with Crippen LogP contribution in [0, 0.1) is 0 Å². The van der Waals surface area contributed by atoms with Gasteiger partial charge >= 0.3 is 0 Å². The van der Waals surface area contributed by atoms with Crippen LogP contribution in [-0.4, -0.2) is 8.42 Å². The molecule has 2 aromatic carbocycles. The molecule has 2 N–H and O–H groups in total. The topological polar surface area (TPSA) is 60.2 Å². The summed E-state index contributed by atoms with van der Waals surface area (Å²) in [7, 11) is -3.79. The van der Waals surface area contributed by atoms with Crippen molar-refractivity contribution in [2.75, 3.05) is 0 Å². The van der Waals surface area contributed by atoms with Crippen LogP contribution in [0.25, 0.3) is 10.5 Å². The largest absolute Gasteiger partial charge is 0.238 e. The average Bonchev–Trinajstić information content (AvgIpc) is 2.39. The summed E-state index contributed by atoms with van der Waals surface area (Å²) in [6, 6.07) is 18.2. The van der Waals surface area contributed by atoms with E-state index in [9.17, 15) is 8.42 Å². The molecule has 0 aliphatic heterocycles. The van der Waals surface area contributed by atoms with Crippen molar-refractivity contribution in [1.29, 1.82) is 0 Å². The highest BCUT2D eigenvalue weighted by atomic mass is 32.2. The molecule has 0 spiro atoms. The Kier molecular flexibility index (Phi) is 3.83. The minimum absolute atomic E-state index is 0.166. The van der Waals surface area contributed by atoms with Crippen molar-refractivity contribution in [3.8, 4) is 0 Å². The predicted molar refractivity (Wildman–Crippen MR) is 78.5 cm³/mol. The van der Waals surface area contributed by atoms with Crippen LogP contribution in [0.15, 0.2) is 60.7 Å². The third kappa shape index (κ3) is 3.10. The molecule has 0 aliphatic rings. The summed E-state index contributed by atoms with van der Waals surface area (Å²) >= 11 is 0. The molecule has 0 heterocycles. The summed E-state index contributed by atoms with van der Waals surface area (Å²) in [5.41, 5.74) is 2.09. The molecule has 0 aromatic heterocycles. The van der Waals surface area contributed by atoms with Crippen LogP contribution in [0.3, 0.4) is 0 Å². The van der Waals surface area contributed by atoms with E-state index in [4.69, 9.17) is 5.14 Å². The first-order valence-electron chi connectivity index (χ1n) is 5.84. The SMILES string of the molecule is C/C(=C(/c1ccccc1)S(N)(=O)=O)c1ccccc1. The Morgan fingerprint density at radius 2 is 1.26 bits per heavy atom. The molecular weight excluding hydrogens is 258 g/mol. The molecule has 2 rings (SSSR count). The van der Waals surface area contributed by atoms with Crippen molar-refractivity contribution in [2.24, 2.45) is 5.14 Å². The van der Waals surface area contributed by atoms with Gasteiger partial charge in [-0.05, 0) is 23.6 Å². The van der Waals surface area contributed by atoms with E-state index in [-0.39, 0.29) is 4.91 Å².